The summed E-state index contributed by atoms with van der Waals surface area (Å²) in [6.07, 6.45) is 3.80. The van der Waals surface area contributed by atoms with E-state index in [1.165, 1.54) is 0 Å². The van der Waals surface area contributed by atoms with Crippen LogP contribution in [0.25, 0.3) is 16.9 Å². The van der Waals surface area contributed by atoms with Gasteiger partial charge in [-0.3, -0.25) is 4.90 Å². The molecule has 1 fully saturated rings. The summed E-state index contributed by atoms with van der Waals surface area (Å²) in [4.78, 5) is 20.4. The van der Waals surface area contributed by atoms with Crippen LogP contribution in [0.15, 0.2) is 36.7 Å². The predicted octanol–water partition coefficient (Wildman–Crippen LogP) is 5.03. The molecule has 0 aliphatic carbocycles. The zero-order valence-electron chi connectivity index (χ0n) is 19.5. The Morgan fingerprint density at radius 3 is 2.58 bits per heavy atom. The zero-order valence-corrected chi connectivity index (χ0v) is 20.3. The molecule has 1 N–H and O–H groups in total. The number of aromatic nitrogens is 2. The van der Waals surface area contributed by atoms with Crippen LogP contribution in [0.3, 0.4) is 0 Å². The fourth-order valence-electron chi connectivity index (χ4n) is 4.54. The lowest BCUT2D eigenvalue weighted by atomic mass is 10.0. The molecule has 176 valence electrons. The zero-order chi connectivity index (χ0) is 23.9. The largest absolute Gasteiger partial charge is 0.496 e. The van der Waals surface area contributed by atoms with Gasteiger partial charge in [-0.15, -0.1) is 0 Å². The van der Waals surface area contributed by atoms with E-state index in [2.05, 4.69) is 4.90 Å². The summed E-state index contributed by atoms with van der Waals surface area (Å²) in [6, 6.07) is 7.54. The molecule has 0 bridgehead atoms. The van der Waals surface area contributed by atoms with Crippen molar-refractivity contribution >= 4 is 29.0 Å². The van der Waals surface area contributed by atoms with Gasteiger partial charge >= 0.3 is 6.09 Å². The molecular weight excluding hydrogens is 444 g/mol. The highest BCUT2D eigenvalue weighted by Crippen LogP contribution is 2.38. The van der Waals surface area contributed by atoms with Crippen molar-refractivity contribution in [1.82, 2.24) is 14.3 Å². The molecule has 3 heterocycles. The van der Waals surface area contributed by atoms with Crippen LogP contribution in [0.5, 0.6) is 11.5 Å². The van der Waals surface area contributed by atoms with Gasteiger partial charge in [-0.1, -0.05) is 11.6 Å². The normalized spacial score (nSPS) is 16.3. The number of hydrogen-bond donors (Lipinski definition) is 1. The van der Waals surface area contributed by atoms with E-state index in [0.29, 0.717) is 23.1 Å². The second kappa shape index (κ2) is 8.67. The van der Waals surface area contributed by atoms with Gasteiger partial charge in [0, 0.05) is 54.4 Å². The molecular formula is C24H29ClN4O4. The summed E-state index contributed by atoms with van der Waals surface area (Å²) in [5.74, 6) is 1.16. The minimum absolute atomic E-state index is 0.0558. The first kappa shape index (κ1) is 23.0. The second-order valence-electron chi connectivity index (χ2n) is 9.18. The molecule has 8 nitrogen and oxygen atoms in total. The Hall–Kier alpha value is -3.13. The highest BCUT2D eigenvalue weighted by Gasteiger charge is 2.37. The van der Waals surface area contributed by atoms with Crippen LogP contribution in [-0.2, 0) is 0 Å². The Labute approximate surface area is 198 Å². The molecule has 0 unspecified atom stereocenters. The van der Waals surface area contributed by atoms with Crippen molar-refractivity contribution in [3.05, 3.63) is 41.7 Å². The average molecular weight is 473 g/mol. The number of nitrogens with zero attached hydrogens (tertiary/aromatic N) is 4. The number of amides is 1. The molecule has 0 saturated carbocycles. The fraction of sp³-hybridized carbons (Fsp3) is 0.417. The Kier molecular flexibility index (Phi) is 6.05. The summed E-state index contributed by atoms with van der Waals surface area (Å²) >= 11 is 6.34. The molecule has 0 spiro atoms. The van der Waals surface area contributed by atoms with Crippen LogP contribution in [0.4, 0.5) is 10.5 Å². The minimum atomic E-state index is -0.880. The first-order valence-corrected chi connectivity index (χ1v) is 11.2. The van der Waals surface area contributed by atoms with Gasteiger partial charge in [0.2, 0.25) is 0 Å². The van der Waals surface area contributed by atoms with Crippen LogP contribution in [-0.4, -0.2) is 64.4 Å². The topological polar surface area (TPSA) is 79.5 Å². The van der Waals surface area contributed by atoms with Crippen molar-refractivity contribution in [2.45, 2.75) is 38.8 Å². The van der Waals surface area contributed by atoms with E-state index in [4.69, 9.17) is 26.1 Å². The molecule has 0 radical (unpaired) electrons. The number of hydrogen-bond acceptors (Lipinski definition) is 5. The molecule has 1 aliphatic heterocycles. The third-order valence-electron chi connectivity index (χ3n) is 6.02. The van der Waals surface area contributed by atoms with Crippen molar-refractivity contribution < 1.29 is 19.4 Å². The SMILES string of the molecule is COc1cc(OC)c(-c2cn3ccc(N4CC[C@H](N(C(=O)O)C(C)(C)C)C4)cc3n2)cc1Cl. The van der Waals surface area contributed by atoms with E-state index in [1.807, 2.05) is 49.7 Å². The van der Waals surface area contributed by atoms with E-state index in [-0.39, 0.29) is 6.04 Å². The van der Waals surface area contributed by atoms with Gasteiger partial charge in [0.25, 0.3) is 0 Å². The van der Waals surface area contributed by atoms with Gasteiger partial charge in [0.05, 0.1) is 31.0 Å². The van der Waals surface area contributed by atoms with Gasteiger partial charge in [-0.25, -0.2) is 9.78 Å². The molecule has 1 aromatic carbocycles. The molecule has 1 saturated heterocycles. The maximum Gasteiger partial charge on any atom is 0.408 e. The predicted molar refractivity (Wildman–Crippen MR) is 129 cm³/mol. The number of carboxylic acid groups (broad SMARTS) is 1. The van der Waals surface area contributed by atoms with Crippen LogP contribution in [0, 0.1) is 0 Å². The van der Waals surface area contributed by atoms with Gasteiger partial charge in [0.15, 0.2) is 0 Å². The van der Waals surface area contributed by atoms with Crippen molar-refractivity contribution in [3.8, 4) is 22.8 Å². The Bertz CT molecular complexity index is 1190. The van der Waals surface area contributed by atoms with E-state index in [9.17, 15) is 9.90 Å². The highest BCUT2D eigenvalue weighted by molar-refractivity contribution is 6.32. The van der Waals surface area contributed by atoms with Gasteiger partial charge in [-0.05, 0) is 39.3 Å². The van der Waals surface area contributed by atoms with Crippen molar-refractivity contribution in [2.75, 3.05) is 32.2 Å². The van der Waals surface area contributed by atoms with Crippen LogP contribution in [0.2, 0.25) is 5.02 Å². The summed E-state index contributed by atoms with van der Waals surface area (Å²) in [7, 11) is 3.16. The third-order valence-corrected chi connectivity index (χ3v) is 6.31. The minimum Gasteiger partial charge on any atom is -0.496 e. The number of anilines is 1. The molecule has 33 heavy (non-hydrogen) atoms. The molecule has 1 aliphatic rings. The van der Waals surface area contributed by atoms with E-state index in [1.54, 1.807) is 31.3 Å². The smallest absolute Gasteiger partial charge is 0.408 e. The molecule has 1 amide bonds. The van der Waals surface area contributed by atoms with Crippen LogP contribution >= 0.6 is 11.6 Å². The third kappa shape index (κ3) is 4.39. The number of benzene rings is 1. The first-order chi connectivity index (χ1) is 15.6. The number of rotatable bonds is 5. The lowest BCUT2D eigenvalue weighted by molar-refractivity contribution is 0.0763. The second-order valence-corrected chi connectivity index (χ2v) is 9.58. The Morgan fingerprint density at radius 1 is 1.21 bits per heavy atom. The molecule has 3 aromatic rings. The summed E-state index contributed by atoms with van der Waals surface area (Å²) < 4.78 is 12.8. The lowest BCUT2D eigenvalue weighted by Crippen LogP contribution is -2.52. The standard InChI is InChI=1S/C24H29ClN4O4/c1-24(2,3)29(23(30)31)16-7-8-27(13-16)15-6-9-28-14-19(26-22(28)10-15)17-11-18(25)21(33-5)12-20(17)32-4/h6,9-12,14,16H,7-8,13H2,1-5H3,(H,30,31)/t16-/m0/s1. The first-order valence-electron chi connectivity index (χ1n) is 10.8. The number of ether oxygens (including phenoxy) is 2. The quantitative estimate of drug-likeness (QED) is 0.561. The Balaban J connectivity index is 1.62. The van der Waals surface area contributed by atoms with Gasteiger partial charge in [0.1, 0.15) is 17.1 Å². The van der Waals surface area contributed by atoms with E-state index < -0.39 is 11.6 Å². The van der Waals surface area contributed by atoms with E-state index in [0.717, 1.165) is 35.6 Å². The Morgan fingerprint density at radius 2 is 1.94 bits per heavy atom. The average Bonchev–Trinajstić information content (AvgIpc) is 3.38. The number of methoxy groups -OCH3 is 2. The van der Waals surface area contributed by atoms with Crippen LogP contribution in [0.1, 0.15) is 27.2 Å². The summed E-state index contributed by atoms with van der Waals surface area (Å²) in [6.45, 7) is 7.23. The monoisotopic (exact) mass is 472 g/mol. The summed E-state index contributed by atoms with van der Waals surface area (Å²) in [5.41, 5.74) is 2.86. The number of fused-ring (bicyclic) bond motifs is 1. The number of carbonyl (C=O) groups is 1. The number of imidazole rings is 1. The highest BCUT2D eigenvalue weighted by atomic mass is 35.5. The number of pyridine rings is 1. The summed E-state index contributed by atoms with van der Waals surface area (Å²) in [5, 5.41) is 10.2. The fourth-order valence-corrected chi connectivity index (χ4v) is 4.78. The van der Waals surface area contributed by atoms with E-state index >= 15 is 0 Å². The molecule has 9 heteroatoms. The van der Waals surface area contributed by atoms with Crippen molar-refractivity contribution in [1.29, 1.82) is 0 Å². The maximum absolute atomic E-state index is 11.9. The lowest BCUT2D eigenvalue weighted by Gasteiger charge is -2.38. The van der Waals surface area contributed by atoms with Crippen LogP contribution < -0.4 is 14.4 Å². The molecule has 2 aromatic heterocycles. The van der Waals surface area contributed by atoms with Gasteiger partial charge in [-0.2, -0.15) is 0 Å². The molecule has 4 rings (SSSR count). The maximum atomic E-state index is 11.9. The van der Waals surface area contributed by atoms with Crippen molar-refractivity contribution in [2.24, 2.45) is 0 Å². The van der Waals surface area contributed by atoms with Crippen molar-refractivity contribution in [3.63, 3.8) is 0 Å². The van der Waals surface area contributed by atoms with Gasteiger partial charge < -0.3 is 23.9 Å². The number of halogens is 1. The molecule has 1 atom stereocenters.